The van der Waals surface area contributed by atoms with Gasteiger partial charge in [0.05, 0.1) is 6.42 Å². The molecular weight excluding hydrogens is 368 g/mol. The molecule has 0 aliphatic carbocycles. The first kappa shape index (κ1) is 17.5. The molecule has 132 valence electrons. The molecule has 2 amide bonds. The predicted molar refractivity (Wildman–Crippen MR) is 90.3 cm³/mol. The number of rotatable bonds is 5. The molecule has 0 spiro atoms. The smallest absolute Gasteiger partial charge is 0.346 e. The van der Waals surface area contributed by atoms with Crippen molar-refractivity contribution in [3.05, 3.63) is 33.7 Å². The molecule has 3 rings (SSSR count). The maximum atomic E-state index is 12.4. The van der Waals surface area contributed by atoms with Gasteiger partial charge >= 0.3 is 11.9 Å². The summed E-state index contributed by atoms with van der Waals surface area (Å²) in [4.78, 5) is 48.9. The van der Waals surface area contributed by atoms with Crippen molar-refractivity contribution >= 4 is 46.9 Å². The standard InChI is InChI=1S/C15H14N2O6S2/c1-7-5-17-12(21)15(14(22)23,13(17)25-6-7)16-9(18)4-8-2-3-24-10(8)11(19)20/h2-3,5,13H,4,6H2,1H3,(H,16,18)(H,19,20)(H,22,23)/t13-,15?/m0/s1. The number of aromatic carboxylic acids is 1. The van der Waals surface area contributed by atoms with Gasteiger partial charge in [0.25, 0.3) is 5.91 Å². The molecule has 2 aliphatic rings. The molecule has 0 bridgehead atoms. The lowest BCUT2D eigenvalue weighted by Gasteiger charge is -2.53. The van der Waals surface area contributed by atoms with Crippen molar-refractivity contribution in [2.75, 3.05) is 5.75 Å². The summed E-state index contributed by atoms with van der Waals surface area (Å²) in [6.07, 6.45) is 1.29. The topological polar surface area (TPSA) is 124 Å². The lowest BCUT2D eigenvalue weighted by Crippen LogP contribution is -2.81. The van der Waals surface area contributed by atoms with Crippen LogP contribution in [0, 0.1) is 0 Å². The summed E-state index contributed by atoms with van der Waals surface area (Å²) in [5.41, 5.74) is -0.797. The van der Waals surface area contributed by atoms with Crippen LogP contribution in [0.3, 0.4) is 0 Å². The molecule has 1 unspecified atom stereocenters. The summed E-state index contributed by atoms with van der Waals surface area (Å²) in [6, 6.07) is 1.50. The number of carbonyl (C=O) groups is 4. The van der Waals surface area contributed by atoms with Gasteiger partial charge < -0.3 is 20.4 Å². The Balaban J connectivity index is 1.81. The monoisotopic (exact) mass is 382 g/mol. The minimum Gasteiger partial charge on any atom is -0.479 e. The van der Waals surface area contributed by atoms with Crippen LogP contribution in [0.15, 0.2) is 23.2 Å². The molecular formula is C15H14N2O6S2. The third-order valence-corrected chi connectivity index (χ3v) is 6.45. The third-order valence-electron chi connectivity index (χ3n) is 3.99. The zero-order chi connectivity index (χ0) is 18.4. The van der Waals surface area contributed by atoms with E-state index in [1.54, 1.807) is 11.6 Å². The molecule has 10 heteroatoms. The van der Waals surface area contributed by atoms with Gasteiger partial charge in [0, 0.05) is 12.0 Å². The van der Waals surface area contributed by atoms with Gasteiger partial charge in [-0.1, -0.05) is 0 Å². The lowest BCUT2D eigenvalue weighted by atomic mass is 9.87. The van der Waals surface area contributed by atoms with E-state index in [4.69, 9.17) is 5.11 Å². The third kappa shape index (κ3) is 2.71. The fourth-order valence-corrected chi connectivity index (χ4v) is 4.92. The maximum Gasteiger partial charge on any atom is 0.346 e. The van der Waals surface area contributed by atoms with Crippen LogP contribution < -0.4 is 5.32 Å². The van der Waals surface area contributed by atoms with Crippen LogP contribution in [0.4, 0.5) is 0 Å². The Kier molecular flexibility index (Phi) is 4.33. The first-order chi connectivity index (χ1) is 11.8. The number of amides is 2. The number of nitrogens with one attached hydrogen (secondary N) is 1. The number of fused-ring (bicyclic) bond motifs is 1. The van der Waals surface area contributed by atoms with Crippen LogP contribution in [0.5, 0.6) is 0 Å². The molecule has 2 aliphatic heterocycles. The van der Waals surface area contributed by atoms with Crippen molar-refractivity contribution in [3.8, 4) is 0 Å². The largest absolute Gasteiger partial charge is 0.479 e. The molecule has 0 aromatic carbocycles. The van der Waals surface area contributed by atoms with E-state index in [-0.39, 0.29) is 16.9 Å². The molecule has 1 fully saturated rings. The predicted octanol–water partition coefficient (Wildman–Crippen LogP) is 0.747. The molecule has 1 aromatic heterocycles. The Morgan fingerprint density at radius 1 is 1.40 bits per heavy atom. The van der Waals surface area contributed by atoms with Crippen molar-refractivity contribution in [2.45, 2.75) is 24.3 Å². The number of carboxylic acid groups (broad SMARTS) is 2. The number of hydrogen-bond acceptors (Lipinski definition) is 6. The minimum absolute atomic E-state index is 0.0201. The number of thiophene rings is 1. The number of thioether (sulfide) groups is 1. The number of carbonyl (C=O) groups excluding carboxylic acids is 2. The fraction of sp³-hybridized carbons (Fsp3) is 0.333. The van der Waals surface area contributed by atoms with E-state index in [9.17, 15) is 24.3 Å². The Bertz CT molecular complexity index is 817. The fourth-order valence-electron chi connectivity index (χ4n) is 2.84. The Hall–Kier alpha value is -2.33. The molecule has 8 nitrogen and oxygen atoms in total. The summed E-state index contributed by atoms with van der Waals surface area (Å²) >= 11 is 2.25. The number of β-lactam (4-membered cyclic amide) rings is 1. The lowest BCUT2D eigenvalue weighted by molar-refractivity contribution is -0.169. The second kappa shape index (κ2) is 6.19. The van der Waals surface area contributed by atoms with Crippen LogP contribution in [0.1, 0.15) is 22.2 Å². The first-order valence-corrected chi connectivity index (χ1v) is 9.16. The Labute approximate surface area is 150 Å². The van der Waals surface area contributed by atoms with Gasteiger partial charge in [-0.05, 0) is 29.5 Å². The molecule has 1 aromatic rings. The first-order valence-electron chi connectivity index (χ1n) is 7.23. The van der Waals surface area contributed by atoms with Crippen LogP contribution in [-0.4, -0.2) is 55.5 Å². The summed E-state index contributed by atoms with van der Waals surface area (Å²) in [5.74, 6) is -3.42. The van der Waals surface area contributed by atoms with E-state index < -0.39 is 34.7 Å². The molecule has 0 saturated carbocycles. The van der Waals surface area contributed by atoms with Crippen LogP contribution in [0.2, 0.25) is 0 Å². The molecule has 1 saturated heterocycles. The zero-order valence-electron chi connectivity index (χ0n) is 13.0. The van der Waals surface area contributed by atoms with Crippen molar-refractivity contribution in [3.63, 3.8) is 0 Å². The van der Waals surface area contributed by atoms with Crippen molar-refractivity contribution in [1.29, 1.82) is 0 Å². The normalized spacial score (nSPS) is 24.8. The quantitative estimate of drug-likeness (QED) is 0.507. The maximum absolute atomic E-state index is 12.4. The van der Waals surface area contributed by atoms with E-state index in [0.717, 1.165) is 16.9 Å². The highest BCUT2D eigenvalue weighted by molar-refractivity contribution is 8.00. The van der Waals surface area contributed by atoms with Gasteiger partial charge in [-0.25, -0.2) is 9.59 Å². The highest BCUT2D eigenvalue weighted by Gasteiger charge is 2.67. The Morgan fingerprint density at radius 3 is 2.76 bits per heavy atom. The van der Waals surface area contributed by atoms with E-state index >= 15 is 0 Å². The SMILES string of the molecule is CC1=CN2C(=O)C(NC(=O)Cc3ccsc3C(=O)O)(C(=O)O)[C@@H]2SC1. The summed E-state index contributed by atoms with van der Waals surface area (Å²) in [6.45, 7) is 1.83. The van der Waals surface area contributed by atoms with Crippen LogP contribution >= 0.6 is 23.1 Å². The van der Waals surface area contributed by atoms with Gasteiger partial charge in [-0.2, -0.15) is 0 Å². The van der Waals surface area contributed by atoms with E-state index in [2.05, 4.69) is 5.32 Å². The van der Waals surface area contributed by atoms with Crippen molar-refractivity contribution < 1.29 is 29.4 Å². The highest BCUT2D eigenvalue weighted by Crippen LogP contribution is 2.43. The summed E-state index contributed by atoms with van der Waals surface area (Å²) < 4.78 is 0. The van der Waals surface area contributed by atoms with Gasteiger partial charge in [-0.3, -0.25) is 9.59 Å². The average molecular weight is 382 g/mol. The average Bonchev–Trinajstić information content (AvgIpc) is 3.00. The van der Waals surface area contributed by atoms with Crippen molar-refractivity contribution in [1.82, 2.24) is 10.2 Å². The van der Waals surface area contributed by atoms with Crippen LogP contribution in [-0.2, 0) is 20.8 Å². The zero-order valence-corrected chi connectivity index (χ0v) is 14.6. The number of nitrogens with zero attached hydrogens (tertiary/aromatic N) is 1. The molecule has 0 radical (unpaired) electrons. The summed E-state index contributed by atoms with van der Waals surface area (Å²) in [7, 11) is 0. The van der Waals surface area contributed by atoms with Gasteiger partial charge in [0.1, 0.15) is 10.3 Å². The van der Waals surface area contributed by atoms with E-state index in [0.29, 0.717) is 5.75 Å². The van der Waals surface area contributed by atoms with Crippen molar-refractivity contribution in [2.24, 2.45) is 0 Å². The summed E-state index contributed by atoms with van der Waals surface area (Å²) in [5, 5.41) is 21.8. The number of aliphatic carboxylic acids is 1. The molecule has 3 heterocycles. The Morgan fingerprint density at radius 2 is 2.12 bits per heavy atom. The molecule has 3 N–H and O–H groups in total. The second-order valence-electron chi connectivity index (χ2n) is 5.77. The second-order valence-corrected chi connectivity index (χ2v) is 7.75. The van der Waals surface area contributed by atoms with E-state index in [1.165, 1.54) is 22.7 Å². The number of carboxylic acids is 2. The molecule has 2 atom stereocenters. The van der Waals surface area contributed by atoms with Gasteiger partial charge in [-0.15, -0.1) is 23.1 Å². The minimum atomic E-state index is -2.02. The van der Waals surface area contributed by atoms with Gasteiger partial charge in [0.2, 0.25) is 11.4 Å². The highest BCUT2D eigenvalue weighted by atomic mass is 32.2. The number of hydrogen-bond donors (Lipinski definition) is 3. The van der Waals surface area contributed by atoms with Crippen LogP contribution in [0.25, 0.3) is 0 Å². The van der Waals surface area contributed by atoms with Gasteiger partial charge in [0.15, 0.2) is 0 Å². The van der Waals surface area contributed by atoms with E-state index in [1.807, 2.05) is 6.92 Å². The molecule has 25 heavy (non-hydrogen) atoms.